The van der Waals surface area contributed by atoms with Crippen LogP contribution >= 0.6 is 0 Å². The first-order valence-corrected chi connectivity index (χ1v) is 8.17. The number of aliphatic hydroxyl groups excluding tert-OH is 1. The van der Waals surface area contributed by atoms with Gasteiger partial charge in [0.15, 0.2) is 0 Å². The number of hydrogen-bond acceptors (Lipinski definition) is 3. The zero-order valence-electron chi connectivity index (χ0n) is 13.8. The van der Waals surface area contributed by atoms with Gasteiger partial charge in [0, 0.05) is 25.1 Å². The number of carbonyl (C=O) groups excluding carboxylic acids is 1. The maximum absolute atomic E-state index is 12.1. The normalized spacial score (nSPS) is 22.5. The topological polar surface area (TPSA) is 52.6 Å². The molecule has 0 radical (unpaired) electrons. The summed E-state index contributed by atoms with van der Waals surface area (Å²) in [4.78, 5) is 14.2. The van der Waals surface area contributed by atoms with Crippen molar-refractivity contribution in [1.29, 1.82) is 0 Å². The van der Waals surface area contributed by atoms with Crippen LogP contribution in [0.25, 0.3) is 0 Å². The second-order valence-corrected chi connectivity index (χ2v) is 6.81. The number of aryl methyl sites for hydroxylation is 1. The average molecular weight is 304 g/mol. The van der Waals surface area contributed by atoms with Gasteiger partial charge in [0.1, 0.15) is 0 Å². The van der Waals surface area contributed by atoms with Crippen molar-refractivity contribution in [3.63, 3.8) is 0 Å². The second-order valence-electron chi connectivity index (χ2n) is 6.81. The molecule has 1 aliphatic rings. The highest BCUT2D eigenvalue weighted by Gasteiger charge is 2.30. The van der Waals surface area contributed by atoms with Crippen molar-refractivity contribution >= 4 is 5.91 Å². The number of nitrogens with one attached hydrogen (secondary N) is 1. The van der Waals surface area contributed by atoms with E-state index in [1.165, 1.54) is 11.1 Å². The highest BCUT2D eigenvalue weighted by atomic mass is 16.3. The molecule has 1 amide bonds. The summed E-state index contributed by atoms with van der Waals surface area (Å²) >= 11 is 0. The van der Waals surface area contributed by atoms with Crippen LogP contribution in [-0.4, -0.2) is 48.7 Å². The van der Waals surface area contributed by atoms with Crippen LogP contribution in [0.2, 0.25) is 0 Å². The van der Waals surface area contributed by atoms with Crippen molar-refractivity contribution in [3.8, 4) is 0 Å². The molecule has 0 saturated carbocycles. The van der Waals surface area contributed by atoms with Crippen molar-refractivity contribution in [1.82, 2.24) is 10.2 Å². The molecule has 22 heavy (non-hydrogen) atoms. The highest BCUT2D eigenvalue weighted by molar-refractivity contribution is 5.78. The van der Waals surface area contributed by atoms with Gasteiger partial charge in [0.2, 0.25) is 5.91 Å². The first-order valence-electron chi connectivity index (χ1n) is 8.17. The maximum atomic E-state index is 12.1. The summed E-state index contributed by atoms with van der Waals surface area (Å²) in [7, 11) is 0. The summed E-state index contributed by atoms with van der Waals surface area (Å²) in [6.45, 7) is 7.24. The number of carbonyl (C=O) groups is 1. The van der Waals surface area contributed by atoms with E-state index in [0.717, 1.165) is 32.4 Å². The predicted molar refractivity (Wildman–Crippen MR) is 88.8 cm³/mol. The van der Waals surface area contributed by atoms with Crippen molar-refractivity contribution < 1.29 is 9.90 Å². The van der Waals surface area contributed by atoms with Crippen molar-refractivity contribution in [2.24, 2.45) is 5.41 Å². The predicted octanol–water partition coefficient (Wildman–Crippen LogP) is 1.75. The summed E-state index contributed by atoms with van der Waals surface area (Å²) in [5.74, 6) is 0.0794. The summed E-state index contributed by atoms with van der Waals surface area (Å²) in [6.07, 6.45) is 2.95. The quantitative estimate of drug-likeness (QED) is 0.842. The molecule has 1 aromatic rings. The number of amides is 1. The smallest absolute Gasteiger partial charge is 0.234 e. The fourth-order valence-corrected chi connectivity index (χ4v) is 3.18. The van der Waals surface area contributed by atoms with Gasteiger partial charge >= 0.3 is 0 Å². The molecule has 2 rings (SSSR count). The lowest BCUT2D eigenvalue weighted by Gasteiger charge is -2.38. The molecule has 0 aliphatic carbocycles. The van der Waals surface area contributed by atoms with Gasteiger partial charge in [0.25, 0.3) is 0 Å². The third kappa shape index (κ3) is 4.82. The van der Waals surface area contributed by atoms with Crippen LogP contribution < -0.4 is 5.32 Å². The highest BCUT2D eigenvalue weighted by Crippen LogP contribution is 2.28. The van der Waals surface area contributed by atoms with Gasteiger partial charge in [-0.1, -0.05) is 31.2 Å². The minimum Gasteiger partial charge on any atom is -0.396 e. The van der Waals surface area contributed by atoms with Crippen LogP contribution in [0.3, 0.4) is 0 Å². The Morgan fingerprint density at radius 3 is 2.91 bits per heavy atom. The minimum absolute atomic E-state index is 0.0559. The van der Waals surface area contributed by atoms with Crippen LogP contribution in [0.15, 0.2) is 24.3 Å². The van der Waals surface area contributed by atoms with Gasteiger partial charge in [0.05, 0.1) is 6.54 Å². The molecule has 1 saturated heterocycles. The molecule has 1 unspecified atom stereocenters. The van der Waals surface area contributed by atoms with E-state index in [4.69, 9.17) is 0 Å². The van der Waals surface area contributed by atoms with Crippen molar-refractivity contribution in [3.05, 3.63) is 35.4 Å². The summed E-state index contributed by atoms with van der Waals surface area (Å²) in [5, 5.41) is 12.5. The molecule has 1 aromatic carbocycles. The van der Waals surface area contributed by atoms with Gasteiger partial charge in [-0.25, -0.2) is 0 Å². The van der Waals surface area contributed by atoms with Gasteiger partial charge in [-0.2, -0.15) is 0 Å². The lowest BCUT2D eigenvalue weighted by molar-refractivity contribution is -0.123. The molecule has 0 bridgehead atoms. The van der Waals surface area contributed by atoms with Crippen molar-refractivity contribution in [2.75, 3.05) is 32.8 Å². The van der Waals surface area contributed by atoms with Crippen LogP contribution in [0.1, 0.15) is 30.9 Å². The van der Waals surface area contributed by atoms with Crippen LogP contribution in [0, 0.1) is 12.3 Å². The molecule has 1 aliphatic heterocycles. The standard InChI is InChI=1S/C18H28N2O2/c1-15-6-3-4-7-16(15)8-10-19-17(22)12-20-11-5-9-18(2,13-20)14-21/h3-4,6-7,21H,5,8-14H2,1-2H3,(H,19,22). The maximum Gasteiger partial charge on any atom is 0.234 e. The largest absolute Gasteiger partial charge is 0.396 e. The Labute approximate surface area is 133 Å². The number of rotatable bonds is 6. The van der Waals surface area contributed by atoms with Gasteiger partial charge in [-0.3, -0.25) is 9.69 Å². The molecule has 1 fully saturated rings. The molecule has 4 heteroatoms. The molecule has 2 N–H and O–H groups in total. The van der Waals surface area contributed by atoms with Crippen LogP contribution in [-0.2, 0) is 11.2 Å². The van der Waals surface area contributed by atoms with Gasteiger partial charge in [-0.05, 0) is 43.9 Å². The van der Waals surface area contributed by atoms with Crippen LogP contribution in [0.4, 0.5) is 0 Å². The van der Waals surface area contributed by atoms with Crippen molar-refractivity contribution in [2.45, 2.75) is 33.1 Å². The Kier molecular flexibility index (Phi) is 5.98. The van der Waals surface area contributed by atoms with E-state index in [-0.39, 0.29) is 17.9 Å². The number of benzene rings is 1. The minimum atomic E-state index is -0.0559. The molecule has 1 atom stereocenters. The monoisotopic (exact) mass is 304 g/mol. The SMILES string of the molecule is Cc1ccccc1CCNC(=O)CN1CCCC(C)(CO)C1. The number of nitrogens with zero attached hydrogens (tertiary/aromatic N) is 1. The lowest BCUT2D eigenvalue weighted by Crippen LogP contribution is -2.47. The molecule has 1 heterocycles. The third-order valence-corrected chi connectivity index (χ3v) is 4.59. The van der Waals surface area contributed by atoms with E-state index in [1.54, 1.807) is 0 Å². The molecule has 122 valence electrons. The number of piperidine rings is 1. The Morgan fingerprint density at radius 2 is 2.18 bits per heavy atom. The van der Waals surface area contributed by atoms with E-state index in [0.29, 0.717) is 13.1 Å². The first kappa shape index (κ1) is 17.0. The van der Waals surface area contributed by atoms with E-state index in [1.807, 2.05) is 12.1 Å². The fraction of sp³-hybridized carbons (Fsp3) is 0.611. The molecular formula is C18H28N2O2. The number of aliphatic hydroxyl groups is 1. The lowest BCUT2D eigenvalue weighted by atomic mass is 9.83. The Hall–Kier alpha value is -1.39. The fourth-order valence-electron chi connectivity index (χ4n) is 3.18. The Morgan fingerprint density at radius 1 is 1.41 bits per heavy atom. The van der Waals surface area contributed by atoms with Crippen LogP contribution in [0.5, 0.6) is 0 Å². The zero-order chi connectivity index (χ0) is 16.0. The summed E-state index contributed by atoms with van der Waals surface area (Å²) < 4.78 is 0. The van der Waals surface area contributed by atoms with E-state index < -0.39 is 0 Å². The Balaban J connectivity index is 1.73. The second kappa shape index (κ2) is 7.75. The third-order valence-electron chi connectivity index (χ3n) is 4.59. The zero-order valence-corrected chi connectivity index (χ0v) is 13.8. The Bertz CT molecular complexity index is 504. The molecule has 4 nitrogen and oxygen atoms in total. The number of likely N-dealkylation sites (tertiary alicyclic amines) is 1. The van der Waals surface area contributed by atoms with E-state index in [9.17, 15) is 9.90 Å². The molecule has 0 spiro atoms. The van der Waals surface area contributed by atoms with Gasteiger partial charge in [-0.15, -0.1) is 0 Å². The van der Waals surface area contributed by atoms with Gasteiger partial charge < -0.3 is 10.4 Å². The van der Waals surface area contributed by atoms with E-state index in [2.05, 4.69) is 36.2 Å². The summed E-state index contributed by atoms with van der Waals surface area (Å²) in [5.41, 5.74) is 2.50. The average Bonchev–Trinajstić information content (AvgIpc) is 2.49. The molecular weight excluding hydrogens is 276 g/mol. The first-order chi connectivity index (χ1) is 10.5. The number of hydrogen-bond donors (Lipinski definition) is 2. The summed E-state index contributed by atoms with van der Waals surface area (Å²) in [6, 6.07) is 8.28. The van der Waals surface area contributed by atoms with E-state index >= 15 is 0 Å². The molecule has 0 aromatic heterocycles.